The van der Waals surface area contributed by atoms with Crippen LogP contribution in [0.15, 0.2) is 12.4 Å². The summed E-state index contributed by atoms with van der Waals surface area (Å²) < 4.78 is 0. The van der Waals surface area contributed by atoms with Crippen molar-refractivity contribution in [2.75, 3.05) is 18.0 Å². The van der Waals surface area contributed by atoms with E-state index in [0.29, 0.717) is 5.41 Å². The maximum Gasteiger partial charge on any atom is 0.225 e. The Hall–Kier alpha value is -1.16. The third kappa shape index (κ3) is 4.17. The second-order valence-electron chi connectivity index (χ2n) is 6.77. The van der Waals surface area contributed by atoms with Gasteiger partial charge in [-0.25, -0.2) is 9.97 Å². The molecule has 0 amide bonds. The van der Waals surface area contributed by atoms with Gasteiger partial charge in [0.2, 0.25) is 5.95 Å². The van der Waals surface area contributed by atoms with Crippen LogP contribution in [0.3, 0.4) is 0 Å². The zero-order valence-corrected chi connectivity index (χ0v) is 13.1. The third-order valence-corrected chi connectivity index (χ3v) is 4.34. The van der Waals surface area contributed by atoms with Gasteiger partial charge in [-0.05, 0) is 43.1 Å². The third-order valence-electron chi connectivity index (χ3n) is 4.34. The molecule has 0 aliphatic carbocycles. The lowest BCUT2D eigenvalue weighted by Crippen LogP contribution is -2.27. The first-order chi connectivity index (χ1) is 9.50. The van der Waals surface area contributed by atoms with Crippen molar-refractivity contribution in [3.63, 3.8) is 0 Å². The largest absolute Gasteiger partial charge is 0.341 e. The van der Waals surface area contributed by atoms with Crippen LogP contribution in [0, 0.1) is 5.41 Å². The van der Waals surface area contributed by atoms with E-state index in [2.05, 4.69) is 35.6 Å². The highest BCUT2D eigenvalue weighted by molar-refractivity contribution is 5.30. The summed E-state index contributed by atoms with van der Waals surface area (Å²) >= 11 is 0. The molecule has 4 nitrogen and oxygen atoms in total. The highest BCUT2D eigenvalue weighted by atomic mass is 15.2. The lowest BCUT2D eigenvalue weighted by molar-refractivity contribution is 0.325. The van der Waals surface area contributed by atoms with Gasteiger partial charge in [-0.1, -0.05) is 20.8 Å². The summed E-state index contributed by atoms with van der Waals surface area (Å²) in [4.78, 5) is 11.4. The molecule has 2 N–H and O–H groups in total. The van der Waals surface area contributed by atoms with Gasteiger partial charge in [0.25, 0.3) is 0 Å². The highest BCUT2D eigenvalue weighted by Crippen LogP contribution is 2.30. The van der Waals surface area contributed by atoms with Gasteiger partial charge in [-0.15, -0.1) is 0 Å². The molecule has 0 radical (unpaired) electrons. The maximum atomic E-state index is 5.97. The van der Waals surface area contributed by atoms with E-state index < -0.39 is 0 Å². The molecule has 2 rings (SSSR count). The van der Waals surface area contributed by atoms with Crippen LogP contribution in [-0.4, -0.2) is 29.1 Å². The lowest BCUT2D eigenvalue weighted by atomic mass is 9.85. The number of anilines is 1. The summed E-state index contributed by atoms with van der Waals surface area (Å²) in [5, 5.41) is 0. The van der Waals surface area contributed by atoms with E-state index in [4.69, 9.17) is 5.73 Å². The van der Waals surface area contributed by atoms with Crippen LogP contribution in [0.2, 0.25) is 0 Å². The first kappa shape index (κ1) is 15.2. The van der Waals surface area contributed by atoms with Crippen molar-refractivity contribution in [2.45, 2.75) is 58.9 Å². The van der Waals surface area contributed by atoms with Crippen molar-refractivity contribution in [1.29, 1.82) is 0 Å². The number of aromatic nitrogens is 2. The first-order valence-corrected chi connectivity index (χ1v) is 7.81. The highest BCUT2D eigenvalue weighted by Gasteiger charge is 2.24. The molecule has 0 aromatic carbocycles. The van der Waals surface area contributed by atoms with Crippen molar-refractivity contribution < 1.29 is 0 Å². The second kappa shape index (κ2) is 6.53. The van der Waals surface area contributed by atoms with Gasteiger partial charge >= 0.3 is 0 Å². The van der Waals surface area contributed by atoms with E-state index in [-0.39, 0.29) is 6.04 Å². The Morgan fingerprint density at radius 3 is 2.60 bits per heavy atom. The Bertz CT molecular complexity index is 413. The molecule has 4 heteroatoms. The molecule has 1 saturated heterocycles. The molecule has 112 valence electrons. The fraction of sp³-hybridized carbons (Fsp3) is 0.750. The predicted octanol–water partition coefficient (Wildman–Crippen LogP) is 2.77. The average molecular weight is 276 g/mol. The molecule has 1 unspecified atom stereocenters. The number of hydrogen-bond acceptors (Lipinski definition) is 4. The van der Waals surface area contributed by atoms with Crippen LogP contribution in [0.1, 0.15) is 52.0 Å². The minimum absolute atomic E-state index is 0.212. The van der Waals surface area contributed by atoms with E-state index in [1.807, 2.05) is 12.4 Å². The molecule has 1 fully saturated rings. The SMILES string of the molecule is CCC(N)Cc1cnc(N2CCCC(C)(C)CC2)nc1. The van der Waals surface area contributed by atoms with Crippen molar-refractivity contribution in [3.05, 3.63) is 18.0 Å². The molecule has 1 aromatic rings. The van der Waals surface area contributed by atoms with Gasteiger partial charge < -0.3 is 10.6 Å². The molecule has 2 heterocycles. The van der Waals surface area contributed by atoms with Crippen molar-refractivity contribution in [2.24, 2.45) is 11.1 Å². The topological polar surface area (TPSA) is 55.0 Å². The quantitative estimate of drug-likeness (QED) is 0.918. The van der Waals surface area contributed by atoms with Crippen LogP contribution >= 0.6 is 0 Å². The summed E-state index contributed by atoms with van der Waals surface area (Å²) in [6.07, 6.45) is 9.44. The van der Waals surface area contributed by atoms with Gasteiger partial charge in [0.15, 0.2) is 0 Å². The molecule has 0 bridgehead atoms. The van der Waals surface area contributed by atoms with E-state index >= 15 is 0 Å². The first-order valence-electron chi connectivity index (χ1n) is 7.81. The van der Waals surface area contributed by atoms with Gasteiger partial charge in [0.05, 0.1) is 0 Å². The minimum Gasteiger partial charge on any atom is -0.341 e. The van der Waals surface area contributed by atoms with Crippen molar-refractivity contribution >= 4 is 5.95 Å². The minimum atomic E-state index is 0.212. The Labute approximate surface area is 122 Å². The summed E-state index contributed by atoms with van der Waals surface area (Å²) in [5.41, 5.74) is 7.55. The molecule has 1 aliphatic rings. The fourth-order valence-electron chi connectivity index (χ4n) is 2.69. The zero-order chi connectivity index (χ0) is 14.6. The van der Waals surface area contributed by atoms with Gasteiger partial charge in [-0.3, -0.25) is 0 Å². The van der Waals surface area contributed by atoms with E-state index in [9.17, 15) is 0 Å². The smallest absolute Gasteiger partial charge is 0.225 e. The van der Waals surface area contributed by atoms with Crippen LogP contribution < -0.4 is 10.6 Å². The average Bonchev–Trinajstić information content (AvgIpc) is 2.60. The fourth-order valence-corrected chi connectivity index (χ4v) is 2.69. The predicted molar refractivity (Wildman–Crippen MR) is 83.8 cm³/mol. The Morgan fingerprint density at radius 1 is 1.25 bits per heavy atom. The summed E-state index contributed by atoms with van der Waals surface area (Å²) in [6, 6.07) is 0.212. The molecule has 1 aliphatic heterocycles. The van der Waals surface area contributed by atoms with Crippen molar-refractivity contribution in [3.8, 4) is 0 Å². The second-order valence-corrected chi connectivity index (χ2v) is 6.77. The molecule has 20 heavy (non-hydrogen) atoms. The number of rotatable bonds is 4. The van der Waals surface area contributed by atoms with Crippen LogP contribution in [-0.2, 0) is 6.42 Å². The lowest BCUT2D eigenvalue weighted by Gasteiger charge is -2.23. The van der Waals surface area contributed by atoms with E-state index in [1.54, 1.807) is 0 Å². The Morgan fingerprint density at radius 2 is 1.95 bits per heavy atom. The summed E-state index contributed by atoms with van der Waals surface area (Å²) in [7, 11) is 0. The monoisotopic (exact) mass is 276 g/mol. The van der Waals surface area contributed by atoms with Crippen LogP contribution in [0.5, 0.6) is 0 Å². The van der Waals surface area contributed by atoms with Gasteiger partial charge in [0.1, 0.15) is 0 Å². The molecular formula is C16H28N4. The molecule has 1 aromatic heterocycles. The Balaban J connectivity index is 1.99. The van der Waals surface area contributed by atoms with Crippen LogP contribution in [0.25, 0.3) is 0 Å². The summed E-state index contributed by atoms with van der Waals surface area (Å²) in [6.45, 7) is 8.94. The van der Waals surface area contributed by atoms with Gasteiger partial charge in [0, 0.05) is 31.5 Å². The number of nitrogens with two attached hydrogens (primary N) is 1. The van der Waals surface area contributed by atoms with E-state index in [0.717, 1.165) is 37.4 Å². The molecule has 0 saturated carbocycles. The molecule has 1 atom stereocenters. The Kier molecular flexibility index (Phi) is 4.97. The van der Waals surface area contributed by atoms with Crippen molar-refractivity contribution in [1.82, 2.24) is 9.97 Å². The molecular weight excluding hydrogens is 248 g/mol. The number of nitrogens with zero attached hydrogens (tertiary/aromatic N) is 3. The van der Waals surface area contributed by atoms with Gasteiger partial charge in [-0.2, -0.15) is 0 Å². The standard InChI is InChI=1S/C16H28N4/c1-4-14(17)10-13-11-18-15(19-12-13)20-8-5-6-16(2,3)7-9-20/h11-12,14H,4-10,17H2,1-3H3. The van der Waals surface area contributed by atoms with Crippen LogP contribution in [0.4, 0.5) is 5.95 Å². The zero-order valence-electron chi connectivity index (χ0n) is 13.1. The maximum absolute atomic E-state index is 5.97. The molecule has 0 spiro atoms. The van der Waals surface area contributed by atoms with E-state index in [1.165, 1.54) is 19.3 Å². The number of hydrogen-bond donors (Lipinski definition) is 1. The normalized spacial score (nSPS) is 20.5. The summed E-state index contributed by atoms with van der Waals surface area (Å²) in [5.74, 6) is 0.872.